The Hall–Kier alpha value is -2.94. The summed E-state index contributed by atoms with van der Waals surface area (Å²) in [5.41, 5.74) is 2.03. The number of carbonyl (C=O) groups is 3. The van der Waals surface area contributed by atoms with Crippen molar-refractivity contribution in [3.05, 3.63) is 52.8 Å². The van der Waals surface area contributed by atoms with Crippen molar-refractivity contribution in [2.45, 2.75) is 31.7 Å². The number of benzene rings is 1. The number of Topliss-reactive ketones (excluding diaryl/α,β-unsaturated/α-hetero) is 1. The minimum absolute atomic E-state index is 0.0875. The summed E-state index contributed by atoms with van der Waals surface area (Å²) in [5.74, 6) is -1.44. The van der Waals surface area contributed by atoms with Gasteiger partial charge in [0.2, 0.25) is 5.78 Å². The Morgan fingerprint density at radius 3 is 2.24 bits per heavy atom. The van der Waals surface area contributed by atoms with Gasteiger partial charge in [-0.05, 0) is 44.2 Å². The van der Waals surface area contributed by atoms with Crippen LogP contribution in [0, 0.1) is 13.8 Å². The summed E-state index contributed by atoms with van der Waals surface area (Å²) in [6, 6.07) is 6.97. The highest BCUT2D eigenvalue weighted by molar-refractivity contribution is 7.90. The van der Waals surface area contributed by atoms with Crippen molar-refractivity contribution in [2.24, 2.45) is 0 Å². The number of aromatic nitrogens is 1. The van der Waals surface area contributed by atoms with Gasteiger partial charge in [-0.1, -0.05) is 0 Å². The molecule has 1 heterocycles. The van der Waals surface area contributed by atoms with E-state index in [-0.39, 0.29) is 28.6 Å². The van der Waals surface area contributed by atoms with Crippen molar-refractivity contribution in [1.82, 2.24) is 4.57 Å². The third-order valence-corrected chi connectivity index (χ3v) is 5.62. The first-order valence-corrected chi connectivity index (χ1v) is 10.7. The van der Waals surface area contributed by atoms with Gasteiger partial charge in [-0.25, -0.2) is 13.2 Å². The first-order chi connectivity index (χ1) is 13.5. The Kier molecular flexibility index (Phi) is 6.97. The smallest absolute Gasteiger partial charge is 0.338 e. The number of methoxy groups -OCH3 is 1. The molecule has 0 saturated heterocycles. The van der Waals surface area contributed by atoms with Crippen LogP contribution in [-0.2, 0) is 30.7 Å². The van der Waals surface area contributed by atoms with Gasteiger partial charge in [0.15, 0.2) is 16.4 Å². The third-order valence-electron chi connectivity index (χ3n) is 4.49. The molecule has 0 aliphatic rings. The molecular formula is C20H23NO7S. The van der Waals surface area contributed by atoms with E-state index in [2.05, 4.69) is 4.74 Å². The van der Waals surface area contributed by atoms with Gasteiger partial charge in [0.25, 0.3) is 0 Å². The largest absolute Gasteiger partial charge is 0.469 e. The molecule has 0 fully saturated rings. The SMILES string of the molecule is COC(=O)CCn1c(C)cc(C(=O)COC(=O)c2ccc(S(C)(=O)=O)cc2)c1C. The standard InChI is InChI=1S/C20H23NO7S/c1-13-11-17(14(2)21(13)10-9-19(23)27-3)18(22)12-28-20(24)15-5-7-16(8-6-15)29(4,25)26/h5-8,11H,9-10,12H2,1-4H3. The van der Waals surface area contributed by atoms with E-state index in [9.17, 15) is 22.8 Å². The summed E-state index contributed by atoms with van der Waals surface area (Å²) in [4.78, 5) is 36.0. The highest BCUT2D eigenvalue weighted by Gasteiger charge is 2.19. The quantitative estimate of drug-likeness (QED) is 0.474. The first-order valence-electron chi connectivity index (χ1n) is 8.78. The molecule has 156 valence electrons. The van der Waals surface area contributed by atoms with Crippen LogP contribution in [0.5, 0.6) is 0 Å². The monoisotopic (exact) mass is 421 g/mol. The molecule has 0 aliphatic carbocycles. The number of sulfone groups is 1. The molecule has 0 atom stereocenters. The van der Waals surface area contributed by atoms with Crippen molar-refractivity contribution in [1.29, 1.82) is 0 Å². The van der Waals surface area contributed by atoms with E-state index in [4.69, 9.17) is 4.74 Å². The number of hydrogen-bond acceptors (Lipinski definition) is 7. The molecule has 8 nitrogen and oxygen atoms in total. The molecule has 9 heteroatoms. The van der Waals surface area contributed by atoms with Gasteiger partial charge in [0.1, 0.15) is 0 Å². The zero-order valence-corrected chi connectivity index (χ0v) is 17.5. The predicted molar refractivity (Wildman–Crippen MR) is 105 cm³/mol. The molecule has 0 unspecified atom stereocenters. The van der Waals surface area contributed by atoms with Crippen LogP contribution < -0.4 is 0 Å². The molecule has 0 radical (unpaired) electrons. The lowest BCUT2D eigenvalue weighted by atomic mass is 10.1. The minimum Gasteiger partial charge on any atom is -0.469 e. The highest BCUT2D eigenvalue weighted by Crippen LogP contribution is 2.17. The average Bonchev–Trinajstić information content (AvgIpc) is 2.97. The number of nitrogens with zero attached hydrogens (tertiary/aromatic N) is 1. The second-order valence-electron chi connectivity index (χ2n) is 6.56. The molecule has 29 heavy (non-hydrogen) atoms. The maximum Gasteiger partial charge on any atom is 0.338 e. The van der Waals surface area contributed by atoms with E-state index >= 15 is 0 Å². The van der Waals surface area contributed by atoms with E-state index in [1.54, 1.807) is 13.0 Å². The predicted octanol–water partition coefficient (Wildman–Crippen LogP) is 2.11. The topological polar surface area (TPSA) is 109 Å². The fourth-order valence-electron chi connectivity index (χ4n) is 2.86. The minimum atomic E-state index is -3.36. The molecule has 2 aromatic rings. The normalized spacial score (nSPS) is 11.2. The maximum atomic E-state index is 12.5. The summed E-state index contributed by atoms with van der Waals surface area (Å²) in [6.45, 7) is 3.50. The number of esters is 2. The van der Waals surface area contributed by atoms with Crippen LogP contribution in [-0.4, -0.2) is 50.7 Å². The van der Waals surface area contributed by atoms with Gasteiger partial charge < -0.3 is 14.0 Å². The van der Waals surface area contributed by atoms with Gasteiger partial charge in [0, 0.05) is 29.8 Å². The van der Waals surface area contributed by atoms with E-state index in [1.165, 1.54) is 31.4 Å². The van der Waals surface area contributed by atoms with Gasteiger partial charge in [-0.3, -0.25) is 9.59 Å². The summed E-state index contributed by atoms with van der Waals surface area (Å²) in [6.07, 6.45) is 1.25. The lowest BCUT2D eigenvalue weighted by Gasteiger charge is -2.09. The first kappa shape index (κ1) is 22.4. The molecular weight excluding hydrogens is 398 g/mol. The summed E-state index contributed by atoms with van der Waals surface area (Å²) in [7, 11) is -2.05. The van der Waals surface area contributed by atoms with E-state index < -0.39 is 22.4 Å². The highest BCUT2D eigenvalue weighted by atomic mass is 32.2. The van der Waals surface area contributed by atoms with Crippen molar-refractivity contribution >= 4 is 27.6 Å². The van der Waals surface area contributed by atoms with Crippen LogP contribution >= 0.6 is 0 Å². The maximum absolute atomic E-state index is 12.5. The lowest BCUT2D eigenvalue weighted by molar-refractivity contribution is -0.140. The molecule has 0 amide bonds. The Labute approximate surface area is 169 Å². The number of rotatable bonds is 8. The number of ether oxygens (including phenoxy) is 2. The molecule has 0 N–H and O–H groups in total. The molecule has 0 aliphatic heterocycles. The number of aryl methyl sites for hydroxylation is 1. The van der Waals surface area contributed by atoms with Gasteiger partial charge in [0.05, 0.1) is 24.0 Å². The van der Waals surface area contributed by atoms with E-state index in [1.807, 2.05) is 11.5 Å². The number of carbonyl (C=O) groups excluding carboxylic acids is 3. The average molecular weight is 421 g/mol. The zero-order chi connectivity index (χ0) is 21.8. The van der Waals surface area contributed by atoms with Gasteiger partial charge in [-0.2, -0.15) is 0 Å². The van der Waals surface area contributed by atoms with Crippen LogP contribution in [0.3, 0.4) is 0 Å². The third kappa shape index (κ3) is 5.54. The van der Waals surface area contributed by atoms with Crippen molar-refractivity contribution in [2.75, 3.05) is 20.0 Å². The second-order valence-corrected chi connectivity index (χ2v) is 8.57. The molecule has 0 spiro atoms. The Bertz CT molecular complexity index is 1030. The second kappa shape index (κ2) is 9.04. The van der Waals surface area contributed by atoms with Crippen LogP contribution in [0.1, 0.15) is 38.5 Å². The molecule has 0 saturated carbocycles. The molecule has 1 aromatic carbocycles. The van der Waals surface area contributed by atoms with Crippen molar-refractivity contribution < 1.29 is 32.3 Å². The van der Waals surface area contributed by atoms with Crippen molar-refractivity contribution in [3.63, 3.8) is 0 Å². The van der Waals surface area contributed by atoms with Crippen LogP contribution in [0.4, 0.5) is 0 Å². The molecule has 1 aromatic heterocycles. The number of ketones is 1. The van der Waals surface area contributed by atoms with Crippen LogP contribution in [0.2, 0.25) is 0 Å². The summed E-state index contributed by atoms with van der Waals surface area (Å²) >= 11 is 0. The van der Waals surface area contributed by atoms with Gasteiger partial charge in [-0.15, -0.1) is 0 Å². The van der Waals surface area contributed by atoms with Gasteiger partial charge >= 0.3 is 11.9 Å². The van der Waals surface area contributed by atoms with E-state index in [0.717, 1.165) is 11.9 Å². The summed E-state index contributed by atoms with van der Waals surface area (Å²) in [5, 5.41) is 0. The van der Waals surface area contributed by atoms with Crippen LogP contribution in [0.15, 0.2) is 35.2 Å². The summed E-state index contributed by atoms with van der Waals surface area (Å²) < 4.78 is 34.4. The zero-order valence-electron chi connectivity index (χ0n) is 16.7. The fraction of sp³-hybridized carbons (Fsp3) is 0.350. The Morgan fingerprint density at radius 1 is 1.07 bits per heavy atom. The fourth-order valence-corrected chi connectivity index (χ4v) is 3.49. The van der Waals surface area contributed by atoms with Crippen molar-refractivity contribution in [3.8, 4) is 0 Å². The molecule has 0 bridgehead atoms. The Morgan fingerprint density at radius 2 is 1.69 bits per heavy atom. The number of hydrogen-bond donors (Lipinski definition) is 0. The van der Waals surface area contributed by atoms with E-state index in [0.29, 0.717) is 17.8 Å². The lowest BCUT2D eigenvalue weighted by Crippen LogP contribution is -2.15. The molecule has 2 rings (SSSR count). The van der Waals surface area contributed by atoms with Crippen LogP contribution in [0.25, 0.3) is 0 Å². The Balaban J connectivity index is 2.03.